The number of alkyl carbamates (subject to hydrolysis) is 1. The van der Waals surface area contributed by atoms with Gasteiger partial charge in [-0.3, -0.25) is 4.79 Å². The minimum Gasteiger partial charge on any atom is -0.480 e. The highest BCUT2D eigenvalue weighted by Gasteiger charge is 2.25. The lowest BCUT2D eigenvalue weighted by Gasteiger charge is -2.21. The van der Waals surface area contributed by atoms with Crippen molar-refractivity contribution in [1.82, 2.24) is 5.32 Å². The van der Waals surface area contributed by atoms with Crippen LogP contribution in [0.25, 0.3) is 0 Å². The van der Waals surface area contributed by atoms with Gasteiger partial charge in [0.2, 0.25) is 0 Å². The fourth-order valence-corrected chi connectivity index (χ4v) is 1.10. The maximum Gasteiger partial charge on any atom is 0.408 e. The molecule has 104 valence electrons. The standard InChI is InChI=1S/C11H19NO6/c1-11(2,3)18-10(16)12-8(9(14)15)5-7(13)6-17-4/h8H,5-6H2,1-4H3,(H,12,16)(H,14,15). The number of amides is 1. The van der Waals surface area contributed by atoms with Gasteiger partial charge in [0.25, 0.3) is 0 Å². The molecule has 0 aliphatic rings. The van der Waals surface area contributed by atoms with Crippen molar-refractivity contribution in [2.24, 2.45) is 0 Å². The number of hydrogen-bond acceptors (Lipinski definition) is 5. The number of Topliss-reactive ketones (excluding diaryl/α,β-unsaturated/α-hetero) is 1. The van der Waals surface area contributed by atoms with Crippen LogP contribution >= 0.6 is 0 Å². The zero-order valence-corrected chi connectivity index (χ0v) is 11.0. The summed E-state index contributed by atoms with van der Waals surface area (Å²) < 4.78 is 9.49. The molecule has 7 nitrogen and oxygen atoms in total. The Bertz CT molecular complexity index is 320. The molecule has 0 spiro atoms. The predicted octanol–water partition coefficient (Wildman–Crippen LogP) is 0.570. The molecule has 0 aromatic rings. The Hall–Kier alpha value is -1.63. The summed E-state index contributed by atoms with van der Waals surface area (Å²) in [6.45, 7) is 4.76. The molecule has 1 atom stereocenters. The smallest absolute Gasteiger partial charge is 0.408 e. The van der Waals surface area contributed by atoms with E-state index in [9.17, 15) is 14.4 Å². The number of nitrogens with one attached hydrogen (secondary N) is 1. The predicted molar refractivity (Wildman–Crippen MR) is 62.3 cm³/mol. The Balaban J connectivity index is 4.41. The molecule has 2 N–H and O–H groups in total. The van der Waals surface area contributed by atoms with E-state index in [2.05, 4.69) is 10.1 Å². The second-order valence-electron chi connectivity index (χ2n) is 4.71. The van der Waals surface area contributed by atoms with E-state index in [0.29, 0.717) is 0 Å². The summed E-state index contributed by atoms with van der Waals surface area (Å²) in [4.78, 5) is 33.5. The number of carboxylic acids is 1. The molecule has 0 aliphatic heterocycles. The zero-order chi connectivity index (χ0) is 14.3. The number of carboxylic acid groups (broad SMARTS) is 1. The van der Waals surface area contributed by atoms with Crippen molar-refractivity contribution < 1.29 is 29.0 Å². The summed E-state index contributed by atoms with van der Waals surface area (Å²) in [5.74, 6) is -1.72. The zero-order valence-electron chi connectivity index (χ0n) is 11.0. The van der Waals surface area contributed by atoms with Crippen LogP contribution in [-0.4, -0.2) is 48.3 Å². The number of ether oxygens (including phenoxy) is 2. The number of methoxy groups -OCH3 is 1. The molecule has 7 heteroatoms. The first-order valence-corrected chi connectivity index (χ1v) is 5.38. The molecule has 18 heavy (non-hydrogen) atoms. The van der Waals surface area contributed by atoms with Gasteiger partial charge in [-0.1, -0.05) is 0 Å². The molecule has 0 saturated heterocycles. The number of carbonyl (C=O) groups excluding carboxylic acids is 2. The summed E-state index contributed by atoms with van der Waals surface area (Å²) in [5.41, 5.74) is -0.732. The van der Waals surface area contributed by atoms with Gasteiger partial charge >= 0.3 is 12.1 Å². The molecule has 1 amide bonds. The molecule has 0 rings (SSSR count). The molecule has 0 bridgehead atoms. The van der Waals surface area contributed by atoms with E-state index in [-0.39, 0.29) is 13.0 Å². The minimum atomic E-state index is -1.32. The van der Waals surface area contributed by atoms with E-state index in [1.165, 1.54) is 7.11 Å². The van der Waals surface area contributed by atoms with Crippen molar-refractivity contribution >= 4 is 17.8 Å². The topological polar surface area (TPSA) is 102 Å². The Kier molecular flexibility index (Phi) is 6.32. The molecule has 0 aromatic carbocycles. The SMILES string of the molecule is COCC(=O)CC(NC(=O)OC(C)(C)C)C(=O)O. The van der Waals surface area contributed by atoms with Gasteiger partial charge in [-0.15, -0.1) is 0 Å². The van der Waals surface area contributed by atoms with Crippen molar-refractivity contribution in [3.63, 3.8) is 0 Å². The van der Waals surface area contributed by atoms with Crippen LogP contribution in [0.5, 0.6) is 0 Å². The maximum atomic E-state index is 11.4. The fraction of sp³-hybridized carbons (Fsp3) is 0.727. The van der Waals surface area contributed by atoms with E-state index in [1.807, 2.05) is 0 Å². The second kappa shape index (κ2) is 6.95. The first-order valence-electron chi connectivity index (χ1n) is 5.38. The first-order chi connectivity index (χ1) is 8.15. The lowest BCUT2D eigenvalue weighted by Crippen LogP contribution is -2.44. The fourth-order valence-electron chi connectivity index (χ4n) is 1.10. The van der Waals surface area contributed by atoms with E-state index in [4.69, 9.17) is 9.84 Å². The molecular formula is C11H19NO6. The van der Waals surface area contributed by atoms with Gasteiger partial charge in [0, 0.05) is 13.5 Å². The van der Waals surface area contributed by atoms with Crippen molar-refractivity contribution in [3.8, 4) is 0 Å². The molecule has 0 aromatic heterocycles. The van der Waals surface area contributed by atoms with Crippen LogP contribution in [0.3, 0.4) is 0 Å². The van der Waals surface area contributed by atoms with Crippen LogP contribution in [0.2, 0.25) is 0 Å². The third-order valence-corrected chi connectivity index (χ3v) is 1.73. The van der Waals surface area contributed by atoms with E-state index < -0.39 is 29.5 Å². The highest BCUT2D eigenvalue weighted by Crippen LogP contribution is 2.07. The monoisotopic (exact) mass is 261 g/mol. The van der Waals surface area contributed by atoms with Crippen molar-refractivity contribution in [3.05, 3.63) is 0 Å². The molecule has 1 unspecified atom stereocenters. The maximum absolute atomic E-state index is 11.4. The van der Waals surface area contributed by atoms with Gasteiger partial charge in [-0.05, 0) is 20.8 Å². The lowest BCUT2D eigenvalue weighted by atomic mass is 10.1. The summed E-state index contributed by atoms with van der Waals surface area (Å²) in [7, 11) is 1.33. The second-order valence-corrected chi connectivity index (χ2v) is 4.71. The lowest BCUT2D eigenvalue weighted by molar-refractivity contribution is -0.141. The highest BCUT2D eigenvalue weighted by atomic mass is 16.6. The van der Waals surface area contributed by atoms with Crippen LogP contribution in [0, 0.1) is 0 Å². The molecule has 0 radical (unpaired) electrons. The number of carbonyl (C=O) groups is 3. The summed E-state index contributed by atoms with van der Waals surface area (Å²) in [6.07, 6.45) is -1.22. The van der Waals surface area contributed by atoms with Gasteiger partial charge in [0.05, 0.1) is 0 Å². The third kappa shape index (κ3) is 7.61. The number of ketones is 1. The number of rotatable bonds is 6. The summed E-state index contributed by atoms with van der Waals surface area (Å²) in [6, 6.07) is -1.32. The van der Waals surface area contributed by atoms with Crippen LogP contribution in [0.4, 0.5) is 4.79 Å². The molecule has 0 heterocycles. The van der Waals surface area contributed by atoms with E-state index in [1.54, 1.807) is 20.8 Å². The van der Waals surface area contributed by atoms with E-state index in [0.717, 1.165) is 0 Å². The Morgan fingerprint density at radius 3 is 2.22 bits per heavy atom. The van der Waals surface area contributed by atoms with Crippen LogP contribution in [0.1, 0.15) is 27.2 Å². The number of hydrogen-bond donors (Lipinski definition) is 2. The van der Waals surface area contributed by atoms with Crippen LogP contribution in [-0.2, 0) is 19.1 Å². The largest absolute Gasteiger partial charge is 0.480 e. The van der Waals surface area contributed by atoms with Gasteiger partial charge in [0.1, 0.15) is 18.2 Å². The van der Waals surface area contributed by atoms with Gasteiger partial charge in [0.15, 0.2) is 5.78 Å². The summed E-state index contributed by atoms with van der Waals surface area (Å²) >= 11 is 0. The highest BCUT2D eigenvalue weighted by molar-refractivity contribution is 5.88. The molecule has 0 fully saturated rings. The van der Waals surface area contributed by atoms with Crippen LogP contribution in [0.15, 0.2) is 0 Å². The normalized spacial score (nSPS) is 12.7. The van der Waals surface area contributed by atoms with Gasteiger partial charge in [-0.25, -0.2) is 9.59 Å². The summed E-state index contributed by atoms with van der Waals surface area (Å²) in [5, 5.41) is 11.0. The Morgan fingerprint density at radius 2 is 1.83 bits per heavy atom. The molecule has 0 aliphatic carbocycles. The molecule has 0 saturated carbocycles. The Labute approximate surface area is 105 Å². The number of aliphatic carboxylic acids is 1. The third-order valence-electron chi connectivity index (χ3n) is 1.73. The Morgan fingerprint density at radius 1 is 1.28 bits per heavy atom. The van der Waals surface area contributed by atoms with Gasteiger partial charge < -0.3 is 19.9 Å². The quantitative estimate of drug-likeness (QED) is 0.724. The van der Waals surface area contributed by atoms with Crippen molar-refractivity contribution in [2.75, 3.05) is 13.7 Å². The van der Waals surface area contributed by atoms with Crippen LogP contribution < -0.4 is 5.32 Å². The van der Waals surface area contributed by atoms with Crippen molar-refractivity contribution in [1.29, 1.82) is 0 Å². The first kappa shape index (κ1) is 16.4. The molecular weight excluding hydrogens is 242 g/mol. The minimum absolute atomic E-state index is 0.195. The van der Waals surface area contributed by atoms with E-state index >= 15 is 0 Å². The van der Waals surface area contributed by atoms with Crippen molar-refractivity contribution in [2.45, 2.75) is 38.8 Å². The van der Waals surface area contributed by atoms with Gasteiger partial charge in [-0.2, -0.15) is 0 Å². The average molecular weight is 261 g/mol. The average Bonchev–Trinajstić information content (AvgIpc) is 2.13.